The van der Waals surface area contributed by atoms with Gasteiger partial charge < -0.3 is 10.1 Å². The highest BCUT2D eigenvalue weighted by molar-refractivity contribution is 6.02. The van der Waals surface area contributed by atoms with Crippen molar-refractivity contribution >= 4 is 11.7 Å². The zero-order valence-corrected chi connectivity index (χ0v) is 11.8. The van der Waals surface area contributed by atoms with Crippen LogP contribution in [-0.4, -0.2) is 23.3 Å². The second kappa shape index (κ2) is 4.94. The van der Waals surface area contributed by atoms with Crippen molar-refractivity contribution in [2.75, 3.05) is 6.61 Å². The predicted octanol–water partition coefficient (Wildman–Crippen LogP) is 2.00. The number of hydrogen-bond acceptors (Lipinski definition) is 4. The van der Waals surface area contributed by atoms with Crippen molar-refractivity contribution in [3.05, 3.63) is 59.3 Å². The van der Waals surface area contributed by atoms with Crippen molar-refractivity contribution in [3.63, 3.8) is 0 Å². The highest BCUT2D eigenvalue weighted by atomic mass is 16.5. The number of amides is 1. The molecule has 22 heavy (non-hydrogen) atoms. The number of carbonyl (C=O) groups is 2. The van der Waals surface area contributed by atoms with Crippen molar-refractivity contribution in [2.24, 2.45) is 0 Å². The minimum absolute atomic E-state index is 0.0747. The fourth-order valence-corrected chi connectivity index (χ4v) is 3.12. The molecule has 1 aromatic heterocycles. The SMILES string of the molecule is O=C1C[C@@H](NC(=O)[C@@H]2COc3ncccc32)c2ccccc21. The van der Waals surface area contributed by atoms with Gasteiger partial charge in [0.25, 0.3) is 0 Å². The van der Waals surface area contributed by atoms with Gasteiger partial charge in [0.2, 0.25) is 11.8 Å². The number of Topliss-reactive ketones (excluding diaryl/α,β-unsaturated/α-hetero) is 1. The van der Waals surface area contributed by atoms with Gasteiger partial charge in [0, 0.05) is 23.7 Å². The van der Waals surface area contributed by atoms with Crippen LogP contribution in [0.1, 0.15) is 39.9 Å². The summed E-state index contributed by atoms with van der Waals surface area (Å²) in [4.78, 5) is 28.7. The van der Waals surface area contributed by atoms with Gasteiger partial charge in [-0.05, 0) is 11.6 Å². The smallest absolute Gasteiger partial charge is 0.231 e. The summed E-state index contributed by atoms with van der Waals surface area (Å²) < 4.78 is 5.45. The first-order valence-electron chi connectivity index (χ1n) is 7.24. The Balaban J connectivity index is 1.56. The Morgan fingerprint density at radius 3 is 2.91 bits per heavy atom. The van der Waals surface area contributed by atoms with Gasteiger partial charge in [0.1, 0.15) is 12.5 Å². The summed E-state index contributed by atoms with van der Waals surface area (Å²) in [6.07, 6.45) is 1.96. The summed E-state index contributed by atoms with van der Waals surface area (Å²) >= 11 is 0. The normalized spacial score (nSPS) is 21.9. The molecule has 0 radical (unpaired) electrons. The van der Waals surface area contributed by atoms with Gasteiger partial charge >= 0.3 is 0 Å². The van der Waals surface area contributed by atoms with Gasteiger partial charge in [0.05, 0.1) is 6.04 Å². The quantitative estimate of drug-likeness (QED) is 0.920. The van der Waals surface area contributed by atoms with Crippen LogP contribution in [0, 0.1) is 0 Å². The Morgan fingerprint density at radius 2 is 2.00 bits per heavy atom. The summed E-state index contributed by atoms with van der Waals surface area (Å²) in [5.41, 5.74) is 2.40. The van der Waals surface area contributed by atoms with Crippen LogP contribution in [0.4, 0.5) is 0 Å². The van der Waals surface area contributed by atoms with Crippen LogP contribution in [0.3, 0.4) is 0 Å². The van der Waals surface area contributed by atoms with E-state index in [0.717, 1.165) is 11.1 Å². The van der Waals surface area contributed by atoms with Gasteiger partial charge in [-0.3, -0.25) is 9.59 Å². The lowest BCUT2D eigenvalue weighted by molar-refractivity contribution is -0.123. The van der Waals surface area contributed by atoms with E-state index in [2.05, 4.69) is 10.3 Å². The third-order valence-electron chi connectivity index (χ3n) is 4.22. The number of benzene rings is 1. The zero-order chi connectivity index (χ0) is 15.1. The maximum atomic E-state index is 12.6. The number of nitrogens with one attached hydrogen (secondary N) is 1. The van der Waals surface area contributed by atoms with Crippen LogP contribution >= 0.6 is 0 Å². The minimum atomic E-state index is -0.369. The number of rotatable bonds is 2. The molecule has 0 unspecified atom stereocenters. The first-order chi connectivity index (χ1) is 10.7. The van der Waals surface area contributed by atoms with Crippen LogP contribution in [-0.2, 0) is 4.79 Å². The summed E-state index contributed by atoms with van der Waals surface area (Å²) in [7, 11) is 0. The molecule has 5 heteroatoms. The first-order valence-corrected chi connectivity index (χ1v) is 7.24. The Bertz CT molecular complexity index is 772. The summed E-state index contributed by atoms with van der Waals surface area (Å²) in [6, 6.07) is 10.8. The highest BCUT2D eigenvalue weighted by Crippen LogP contribution is 2.34. The lowest BCUT2D eigenvalue weighted by atomic mass is 10.0. The minimum Gasteiger partial charge on any atom is -0.476 e. The number of nitrogens with zero attached hydrogens (tertiary/aromatic N) is 1. The summed E-state index contributed by atoms with van der Waals surface area (Å²) in [6.45, 7) is 0.292. The Labute approximate surface area is 127 Å². The molecular weight excluding hydrogens is 280 g/mol. The summed E-state index contributed by atoms with van der Waals surface area (Å²) in [5, 5.41) is 2.98. The van der Waals surface area contributed by atoms with Gasteiger partial charge in [-0.15, -0.1) is 0 Å². The molecule has 0 saturated heterocycles. The molecule has 0 saturated carbocycles. The van der Waals surface area contributed by atoms with Crippen LogP contribution in [0.25, 0.3) is 0 Å². The number of ether oxygens (including phenoxy) is 1. The second-order valence-electron chi connectivity index (χ2n) is 5.54. The number of carbonyl (C=O) groups excluding carboxylic acids is 2. The van der Waals surface area contributed by atoms with E-state index in [9.17, 15) is 9.59 Å². The molecule has 4 rings (SSSR count). The molecule has 1 aliphatic heterocycles. The molecule has 1 aromatic carbocycles. The third kappa shape index (κ3) is 1.97. The van der Waals surface area contributed by atoms with Crippen molar-refractivity contribution < 1.29 is 14.3 Å². The number of aromatic nitrogens is 1. The van der Waals surface area contributed by atoms with Crippen LogP contribution in [0.5, 0.6) is 5.88 Å². The lowest BCUT2D eigenvalue weighted by Gasteiger charge is -2.16. The van der Waals surface area contributed by atoms with Crippen molar-refractivity contribution in [2.45, 2.75) is 18.4 Å². The van der Waals surface area contributed by atoms with E-state index < -0.39 is 0 Å². The number of pyridine rings is 1. The van der Waals surface area contributed by atoms with Gasteiger partial charge in [0.15, 0.2) is 5.78 Å². The number of fused-ring (bicyclic) bond motifs is 2. The molecule has 2 aromatic rings. The van der Waals surface area contributed by atoms with E-state index in [0.29, 0.717) is 24.5 Å². The van der Waals surface area contributed by atoms with E-state index in [-0.39, 0.29) is 23.7 Å². The molecule has 0 bridgehead atoms. The highest BCUT2D eigenvalue weighted by Gasteiger charge is 2.35. The van der Waals surface area contributed by atoms with Gasteiger partial charge in [-0.25, -0.2) is 4.98 Å². The van der Waals surface area contributed by atoms with Crippen LogP contribution in [0.2, 0.25) is 0 Å². The van der Waals surface area contributed by atoms with Crippen molar-refractivity contribution in [3.8, 4) is 5.88 Å². The van der Waals surface area contributed by atoms with E-state index in [1.165, 1.54) is 0 Å². The first kappa shape index (κ1) is 13.0. The average Bonchev–Trinajstić information content (AvgIpc) is 3.10. The lowest BCUT2D eigenvalue weighted by Crippen LogP contribution is -2.32. The maximum absolute atomic E-state index is 12.6. The van der Waals surface area contributed by atoms with E-state index in [1.807, 2.05) is 30.3 Å². The summed E-state index contributed by atoms with van der Waals surface area (Å²) in [5.74, 6) is 0.101. The average molecular weight is 294 g/mol. The molecular formula is C17H14N2O3. The monoisotopic (exact) mass is 294 g/mol. The van der Waals surface area contributed by atoms with Crippen molar-refractivity contribution in [1.82, 2.24) is 10.3 Å². The molecule has 2 heterocycles. The largest absolute Gasteiger partial charge is 0.476 e. The van der Waals surface area contributed by atoms with Crippen LogP contribution < -0.4 is 10.1 Å². The standard InChI is InChI=1S/C17H14N2O3/c20-15-8-14(10-4-1-2-5-11(10)15)19-16(21)13-9-22-17-12(13)6-3-7-18-17/h1-7,13-14H,8-9H2,(H,19,21)/t13-,14-/m1/s1. The van der Waals surface area contributed by atoms with Gasteiger partial charge in [-0.2, -0.15) is 0 Å². The molecule has 1 amide bonds. The topological polar surface area (TPSA) is 68.3 Å². The fraction of sp³-hybridized carbons (Fsp3) is 0.235. The molecule has 1 aliphatic carbocycles. The van der Waals surface area contributed by atoms with E-state index in [1.54, 1.807) is 12.3 Å². The zero-order valence-electron chi connectivity index (χ0n) is 11.8. The maximum Gasteiger partial charge on any atom is 0.231 e. The number of ketones is 1. The molecule has 5 nitrogen and oxygen atoms in total. The molecule has 0 spiro atoms. The molecule has 0 fully saturated rings. The Hall–Kier alpha value is -2.69. The van der Waals surface area contributed by atoms with Gasteiger partial charge in [-0.1, -0.05) is 30.3 Å². The van der Waals surface area contributed by atoms with E-state index >= 15 is 0 Å². The molecule has 2 aliphatic rings. The predicted molar refractivity (Wildman–Crippen MR) is 78.7 cm³/mol. The Morgan fingerprint density at radius 1 is 1.18 bits per heavy atom. The third-order valence-corrected chi connectivity index (χ3v) is 4.22. The van der Waals surface area contributed by atoms with E-state index in [4.69, 9.17) is 4.74 Å². The Kier molecular flexibility index (Phi) is 2.92. The number of hydrogen-bond donors (Lipinski definition) is 1. The molecule has 2 atom stereocenters. The van der Waals surface area contributed by atoms with Crippen LogP contribution in [0.15, 0.2) is 42.6 Å². The van der Waals surface area contributed by atoms with Crippen molar-refractivity contribution in [1.29, 1.82) is 0 Å². The molecule has 110 valence electrons. The second-order valence-corrected chi connectivity index (χ2v) is 5.54. The fourth-order valence-electron chi connectivity index (χ4n) is 3.12. The molecule has 1 N–H and O–H groups in total.